The molecule has 0 aliphatic rings. The molecule has 0 atom stereocenters. The quantitative estimate of drug-likeness (QED) is 0.827. The fourth-order valence-corrected chi connectivity index (χ4v) is 1.61. The lowest BCUT2D eigenvalue weighted by atomic mass is 10.2. The van der Waals surface area contributed by atoms with E-state index in [1.54, 1.807) is 0 Å². The van der Waals surface area contributed by atoms with E-state index in [1.165, 1.54) is 18.3 Å². The van der Waals surface area contributed by atoms with Gasteiger partial charge in [-0.2, -0.15) is 18.2 Å². The number of rotatable bonds is 2. The highest BCUT2D eigenvalue weighted by Gasteiger charge is 2.30. The lowest BCUT2D eigenvalue weighted by Gasteiger charge is -2.10. The third-order valence-corrected chi connectivity index (χ3v) is 2.63. The molecule has 8 heteroatoms. The van der Waals surface area contributed by atoms with Crippen LogP contribution in [0.25, 0.3) is 0 Å². The van der Waals surface area contributed by atoms with Crippen LogP contribution in [0, 0.1) is 0 Å². The van der Waals surface area contributed by atoms with Crippen LogP contribution in [-0.2, 0) is 6.18 Å². The van der Waals surface area contributed by atoms with Crippen molar-refractivity contribution in [1.82, 2.24) is 9.97 Å². The molecule has 3 nitrogen and oxygen atoms in total. The molecule has 1 aromatic carbocycles. The predicted octanol–water partition coefficient (Wildman–Crippen LogP) is 4.55. The fourth-order valence-electron chi connectivity index (χ4n) is 1.34. The van der Waals surface area contributed by atoms with Crippen molar-refractivity contribution in [2.45, 2.75) is 6.18 Å². The lowest BCUT2D eigenvalue weighted by molar-refractivity contribution is -0.137. The Morgan fingerprint density at radius 2 is 1.89 bits per heavy atom. The van der Waals surface area contributed by atoms with Gasteiger partial charge in [-0.15, -0.1) is 0 Å². The molecule has 0 radical (unpaired) electrons. The predicted molar refractivity (Wildman–Crippen MR) is 66.8 cm³/mol. The molecule has 1 heterocycles. The van der Waals surface area contributed by atoms with Crippen molar-refractivity contribution in [2.75, 3.05) is 5.32 Å². The second-order valence-corrected chi connectivity index (χ2v) is 4.28. The summed E-state index contributed by atoms with van der Waals surface area (Å²) in [5, 5.41) is 2.76. The van der Waals surface area contributed by atoms with Crippen LogP contribution in [-0.4, -0.2) is 9.97 Å². The van der Waals surface area contributed by atoms with Gasteiger partial charge in [0.1, 0.15) is 5.02 Å². The molecule has 0 fully saturated rings. The molecule has 0 spiro atoms. The molecule has 2 aromatic rings. The van der Waals surface area contributed by atoms with Crippen molar-refractivity contribution in [3.8, 4) is 0 Å². The third-order valence-electron chi connectivity index (χ3n) is 2.17. The van der Waals surface area contributed by atoms with Crippen LogP contribution in [0.2, 0.25) is 10.3 Å². The molecule has 0 saturated carbocycles. The van der Waals surface area contributed by atoms with Gasteiger partial charge in [0.2, 0.25) is 5.28 Å². The number of halogens is 5. The second-order valence-electron chi connectivity index (χ2n) is 3.54. The Labute approximate surface area is 116 Å². The zero-order valence-electron chi connectivity index (χ0n) is 9.17. The summed E-state index contributed by atoms with van der Waals surface area (Å²) in [6, 6.07) is 4.66. The van der Waals surface area contributed by atoms with Gasteiger partial charge < -0.3 is 5.32 Å². The van der Waals surface area contributed by atoms with Gasteiger partial charge in [-0.3, -0.25) is 0 Å². The topological polar surface area (TPSA) is 37.8 Å². The molecule has 0 aliphatic heterocycles. The Morgan fingerprint density at radius 3 is 2.58 bits per heavy atom. The summed E-state index contributed by atoms with van der Waals surface area (Å²) in [6.45, 7) is 0. The first kappa shape index (κ1) is 13.9. The van der Waals surface area contributed by atoms with Crippen LogP contribution in [0.4, 0.5) is 24.7 Å². The fraction of sp³-hybridized carbons (Fsp3) is 0.0909. The van der Waals surface area contributed by atoms with Crippen molar-refractivity contribution in [2.24, 2.45) is 0 Å². The number of nitrogens with one attached hydrogen (secondary N) is 1. The highest BCUT2D eigenvalue weighted by atomic mass is 35.5. The van der Waals surface area contributed by atoms with Crippen molar-refractivity contribution in [3.63, 3.8) is 0 Å². The SMILES string of the molecule is FC(F)(F)c1cccc(Nc2nc(Cl)ncc2Cl)c1. The number of hydrogen-bond acceptors (Lipinski definition) is 3. The Balaban J connectivity index is 2.31. The van der Waals surface area contributed by atoms with Gasteiger partial charge in [0, 0.05) is 5.69 Å². The number of alkyl halides is 3. The summed E-state index contributed by atoms with van der Waals surface area (Å²) in [6.07, 6.45) is -3.16. The summed E-state index contributed by atoms with van der Waals surface area (Å²) in [5.74, 6) is 0.140. The van der Waals surface area contributed by atoms with E-state index in [0.717, 1.165) is 12.1 Å². The van der Waals surface area contributed by atoms with Crippen molar-refractivity contribution < 1.29 is 13.2 Å². The standard InChI is InChI=1S/C11H6Cl2F3N3/c12-8-5-17-10(13)19-9(8)18-7-3-1-2-6(4-7)11(14,15)16/h1-5H,(H,17,18,19). The number of nitrogens with zero attached hydrogens (tertiary/aromatic N) is 2. The molecule has 2 rings (SSSR count). The molecule has 19 heavy (non-hydrogen) atoms. The van der Waals surface area contributed by atoms with E-state index in [-0.39, 0.29) is 21.8 Å². The van der Waals surface area contributed by atoms with Gasteiger partial charge in [-0.05, 0) is 29.8 Å². The molecule has 0 unspecified atom stereocenters. The van der Waals surface area contributed by atoms with Gasteiger partial charge in [-0.25, -0.2) is 4.98 Å². The average molecular weight is 308 g/mol. The minimum Gasteiger partial charge on any atom is -0.339 e. The molecule has 0 bridgehead atoms. The minimum absolute atomic E-state index is 0.0566. The van der Waals surface area contributed by atoms with Gasteiger partial charge in [0.15, 0.2) is 5.82 Å². The summed E-state index contributed by atoms with van der Waals surface area (Å²) in [4.78, 5) is 7.43. The maximum Gasteiger partial charge on any atom is 0.416 e. The van der Waals surface area contributed by atoms with E-state index in [0.29, 0.717) is 0 Å². The second kappa shape index (κ2) is 5.22. The van der Waals surface area contributed by atoms with E-state index >= 15 is 0 Å². The normalized spacial score (nSPS) is 11.4. The molecule has 0 amide bonds. The van der Waals surface area contributed by atoms with Crippen LogP contribution < -0.4 is 5.32 Å². The largest absolute Gasteiger partial charge is 0.416 e. The Morgan fingerprint density at radius 1 is 1.16 bits per heavy atom. The van der Waals surface area contributed by atoms with E-state index in [1.807, 2.05) is 0 Å². The number of benzene rings is 1. The molecule has 1 aromatic heterocycles. The first-order valence-electron chi connectivity index (χ1n) is 4.98. The summed E-state index contributed by atoms with van der Waals surface area (Å²) in [5.41, 5.74) is -0.569. The molecule has 1 N–H and O–H groups in total. The highest BCUT2D eigenvalue weighted by Crippen LogP contribution is 2.32. The zero-order valence-corrected chi connectivity index (χ0v) is 10.7. The Kier molecular flexibility index (Phi) is 3.82. The minimum atomic E-state index is -4.41. The number of anilines is 2. The molecular formula is C11H6Cl2F3N3. The average Bonchev–Trinajstić information content (AvgIpc) is 2.33. The first-order chi connectivity index (χ1) is 8.86. The van der Waals surface area contributed by atoms with Crippen LogP contribution in [0.15, 0.2) is 30.5 Å². The maximum absolute atomic E-state index is 12.5. The zero-order chi connectivity index (χ0) is 14.0. The molecule has 100 valence electrons. The molecule has 0 aliphatic carbocycles. The molecular weight excluding hydrogens is 302 g/mol. The molecule has 0 saturated heterocycles. The van der Waals surface area contributed by atoms with E-state index < -0.39 is 11.7 Å². The first-order valence-corrected chi connectivity index (χ1v) is 5.74. The van der Waals surface area contributed by atoms with Crippen LogP contribution in [0.1, 0.15) is 5.56 Å². The van der Waals surface area contributed by atoms with Crippen LogP contribution >= 0.6 is 23.2 Å². The smallest absolute Gasteiger partial charge is 0.339 e. The summed E-state index contributed by atoms with van der Waals surface area (Å²) >= 11 is 11.4. The Hall–Kier alpha value is -1.53. The van der Waals surface area contributed by atoms with E-state index in [9.17, 15) is 13.2 Å². The highest BCUT2D eigenvalue weighted by molar-refractivity contribution is 6.33. The monoisotopic (exact) mass is 307 g/mol. The van der Waals surface area contributed by atoms with Crippen LogP contribution in [0.5, 0.6) is 0 Å². The maximum atomic E-state index is 12.5. The third kappa shape index (κ3) is 3.48. The number of hydrogen-bond donors (Lipinski definition) is 1. The van der Waals surface area contributed by atoms with Gasteiger partial charge in [0.05, 0.1) is 11.8 Å². The van der Waals surface area contributed by atoms with E-state index in [2.05, 4.69) is 15.3 Å². The Bertz CT molecular complexity index is 602. The van der Waals surface area contributed by atoms with Crippen molar-refractivity contribution >= 4 is 34.7 Å². The van der Waals surface area contributed by atoms with Gasteiger partial charge in [0.25, 0.3) is 0 Å². The van der Waals surface area contributed by atoms with Crippen LogP contribution in [0.3, 0.4) is 0 Å². The lowest BCUT2D eigenvalue weighted by Crippen LogP contribution is -2.05. The van der Waals surface area contributed by atoms with Gasteiger partial charge >= 0.3 is 6.18 Å². The van der Waals surface area contributed by atoms with Crippen molar-refractivity contribution in [3.05, 3.63) is 46.3 Å². The van der Waals surface area contributed by atoms with Crippen molar-refractivity contribution in [1.29, 1.82) is 0 Å². The van der Waals surface area contributed by atoms with Gasteiger partial charge in [-0.1, -0.05) is 17.7 Å². The summed E-state index contributed by atoms with van der Waals surface area (Å²) in [7, 11) is 0. The summed E-state index contributed by atoms with van der Waals surface area (Å²) < 4.78 is 37.6. The number of aromatic nitrogens is 2. The van der Waals surface area contributed by atoms with E-state index in [4.69, 9.17) is 23.2 Å².